The van der Waals surface area contributed by atoms with Crippen molar-refractivity contribution >= 4 is 32.7 Å². The van der Waals surface area contributed by atoms with Crippen molar-refractivity contribution in [3.63, 3.8) is 0 Å². The van der Waals surface area contributed by atoms with Crippen molar-refractivity contribution in [1.29, 1.82) is 0 Å². The minimum atomic E-state index is -3.59. The summed E-state index contributed by atoms with van der Waals surface area (Å²) >= 11 is 0.842. The number of sulfone groups is 1. The summed E-state index contributed by atoms with van der Waals surface area (Å²) in [6.07, 6.45) is 4.06. The zero-order valence-corrected chi connectivity index (χ0v) is 14.5. The molecule has 1 saturated carbocycles. The third-order valence-corrected chi connectivity index (χ3v) is 8.40. The minimum absolute atomic E-state index is 0.0157. The molecule has 2 aliphatic carbocycles. The van der Waals surface area contributed by atoms with Crippen LogP contribution in [0.15, 0.2) is 28.6 Å². The molecule has 0 radical (unpaired) electrons. The molecule has 124 valence electrons. The Hall–Kier alpha value is -1.86. The molecule has 0 amide bonds. The Morgan fingerprint density at radius 2 is 1.58 bits per heavy atom. The Kier molecular flexibility index (Phi) is 3.65. The highest BCUT2D eigenvalue weighted by Crippen LogP contribution is 2.36. The van der Waals surface area contributed by atoms with Crippen LogP contribution in [0.3, 0.4) is 0 Å². The lowest BCUT2D eigenvalue weighted by Gasteiger charge is -2.20. The first kappa shape index (κ1) is 15.7. The van der Waals surface area contributed by atoms with Gasteiger partial charge < -0.3 is 0 Å². The van der Waals surface area contributed by atoms with Gasteiger partial charge in [0.1, 0.15) is 10.6 Å². The van der Waals surface area contributed by atoms with Crippen LogP contribution in [0.4, 0.5) is 0 Å². The average molecular weight is 361 g/mol. The van der Waals surface area contributed by atoms with Gasteiger partial charge in [-0.15, -0.1) is 0 Å². The van der Waals surface area contributed by atoms with Gasteiger partial charge in [0.2, 0.25) is 25.7 Å². The fourth-order valence-electron chi connectivity index (χ4n) is 3.38. The molecule has 0 unspecified atom stereocenters. The zero-order chi connectivity index (χ0) is 16.9. The predicted octanol–water partition coefficient (Wildman–Crippen LogP) is 3.02. The summed E-state index contributed by atoms with van der Waals surface area (Å²) in [6.45, 7) is 0. The van der Waals surface area contributed by atoms with Crippen LogP contribution < -0.4 is 0 Å². The van der Waals surface area contributed by atoms with Crippen molar-refractivity contribution in [3.8, 4) is 0 Å². The number of hydrogen-bond acceptors (Lipinski definition) is 6. The molecule has 4 rings (SSSR count). The first-order chi connectivity index (χ1) is 11.5. The summed E-state index contributed by atoms with van der Waals surface area (Å²) in [5, 5.41) is -0.452. The summed E-state index contributed by atoms with van der Waals surface area (Å²) in [4.78, 5) is 29.4. The van der Waals surface area contributed by atoms with E-state index in [2.05, 4.69) is 4.98 Å². The monoisotopic (exact) mass is 361 g/mol. The molecule has 0 spiro atoms. The molecule has 24 heavy (non-hydrogen) atoms. The quantitative estimate of drug-likeness (QED) is 0.701. The predicted molar refractivity (Wildman–Crippen MR) is 89.5 cm³/mol. The lowest BCUT2D eigenvalue weighted by atomic mass is 9.92. The van der Waals surface area contributed by atoms with Crippen molar-refractivity contribution in [2.24, 2.45) is 0 Å². The van der Waals surface area contributed by atoms with Crippen LogP contribution >= 0.6 is 11.3 Å². The fraction of sp³-hybridized carbons (Fsp3) is 0.353. The van der Waals surface area contributed by atoms with E-state index < -0.39 is 15.1 Å². The van der Waals surface area contributed by atoms with Crippen molar-refractivity contribution in [3.05, 3.63) is 46.0 Å². The standard InChI is InChI=1S/C17H15NO4S2/c19-14-11-8-4-5-9-12(11)15(20)16-13(14)18-17(23-16)24(21,22)10-6-2-1-3-7-10/h4-5,8-10H,1-3,6-7H2. The van der Waals surface area contributed by atoms with E-state index in [1.54, 1.807) is 24.3 Å². The molecule has 1 fully saturated rings. The van der Waals surface area contributed by atoms with Crippen molar-refractivity contribution in [2.45, 2.75) is 41.7 Å². The van der Waals surface area contributed by atoms with Crippen LogP contribution in [0.2, 0.25) is 0 Å². The number of thiazole rings is 1. The van der Waals surface area contributed by atoms with Crippen LogP contribution in [0.1, 0.15) is 63.4 Å². The third kappa shape index (κ3) is 2.26. The number of carbonyl (C=O) groups excluding carboxylic acids is 2. The summed E-state index contributed by atoms with van der Waals surface area (Å²) in [7, 11) is -3.59. The molecule has 1 aromatic heterocycles. The van der Waals surface area contributed by atoms with Gasteiger partial charge in [0, 0.05) is 11.1 Å². The normalized spacial score (nSPS) is 18.3. The largest absolute Gasteiger partial charge is 0.288 e. The summed E-state index contributed by atoms with van der Waals surface area (Å²) in [6, 6.07) is 6.54. The average Bonchev–Trinajstić information content (AvgIpc) is 3.07. The number of rotatable bonds is 2. The smallest absolute Gasteiger partial charge is 0.213 e. The van der Waals surface area contributed by atoms with Gasteiger partial charge in [-0.2, -0.15) is 0 Å². The maximum Gasteiger partial charge on any atom is 0.213 e. The molecule has 1 heterocycles. The number of aromatic nitrogens is 1. The third-order valence-electron chi connectivity index (χ3n) is 4.68. The van der Waals surface area contributed by atoms with E-state index in [9.17, 15) is 18.0 Å². The Labute approximate surface area is 143 Å². The second-order valence-electron chi connectivity index (χ2n) is 6.17. The number of benzene rings is 1. The Morgan fingerprint density at radius 1 is 0.958 bits per heavy atom. The highest BCUT2D eigenvalue weighted by molar-refractivity contribution is 7.94. The number of ketones is 2. The fourth-order valence-corrected chi connectivity index (χ4v) is 6.71. The number of carbonyl (C=O) groups is 2. The SMILES string of the molecule is O=C1c2ccccc2C(=O)c2sc(S(=O)(=O)C3CCCCC3)nc21. The van der Waals surface area contributed by atoms with Crippen molar-refractivity contribution in [1.82, 2.24) is 4.98 Å². The van der Waals surface area contributed by atoms with Gasteiger partial charge in [0.25, 0.3) is 0 Å². The van der Waals surface area contributed by atoms with Crippen LogP contribution in [0.5, 0.6) is 0 Å². The van der Waals surface area contributed by atoms with Gasteiger partial charge in [0.05, 0.1) is 5.25 Å². The van der Waals surface area contributed by atoms with E-state index in [4.69, 9.17) is 0 Å². The first-order valence-corrected chi connectivity index (χ1v) is 10.3. The first-order valence-electron chi connectivity index (χ1n) is 7.93. The molecule has 0 atom stereocenters. The highest BCUT2D eigenvalue weighted by Gasteiger charge is 2.38. The molecule has 0 saturated heterocycles. The second kappa shape index (κ2) is 5.60. The van der Waals surface area contributed by atoms with Crippen LogP contribution in [0, 0.1) is 0 Å². The molecule has 7 heteroatoms. The van der Waals surface area contributed by atoms with Gasteiger partial charge in [-0.05, 0) is 12.8 Å². The molecule has 2 aliphatic rings. The van der Waals surface area contributed by atoms with Crippen LogP contribution in [-0.4, -0.2) is 30.2 Å². The molecule has 5 nitrogen and oxygen atoms in total. The lowest BCUT2D eigenvalue weighted by molar-refractivity contribution is 0.0979. The van der Waals surface area contributed by atoms with Crippen LogP contribution in [-0.2, 0) is 9.84 Å². The van der Waals surface area contributed by atoms with Gasteiger partial charge >= 0.3 is 0 Å². The van der Waals surface area contributed by atoms with Gasteiger partial charge in [-0.25, -0.2) is 13.4 Å². The summed E-state index contributed by atoms with van der Waals surface area (Å²) in [5.41, 5.74) is 0.597. The van der Waals surface area contributed by atoms with E-state index in [0.717, 1.165) is 30.6 Å². The van der Waals surface area contributed by atoms with E-state index in [1.807, 2.05) is 0 Å². The Balaban J connectivity index is 1.80. The second-order valence-corrected chi connectivity index (χ2v) is 9.57. The van der Waals surface area contributed by atoms with E-state index in [1.165, 1.54) is 0 Å². The Bertz CT molecular complexity index is 900. The maximum atomic E-state index is 12.8. The zero-order valence-electron chi connectivity index (χ0n) is 12.8. The molecular formula is C17H15NO4S2. The van der Waals surface area contributed by atoms with Gasteiger partial charge in [0.15, 0.2) is 0 Å². The summed E-state index contributed by atoms with van der Waals surface area (Å²) < 4.78 is 25.5. The molecule has 0 bridgehead atoms. The van der Waals surface area contributed by atoms with Crippen molar-refractivity contribution < 1.29 is 18.0 Å². The van der Waals surface area contributed by atoms with Gasteiger partial charge in [-0.3, -0.25) is 9.59 Å². The maximum absolute atomic E-state index is 12.8. The van der Waals surface area contributed by atoms with E-state index in [0.29, 0.717) is 24.0 Å². The van der Waals surface area contributed by atoms with Gasteiger partial charge in [-0.1, -0.05) is 54.9 Å². The molecule has 2 aromatic rings. The lowest BCUT2D eigenvalue weighted by Crippen LogP contribution is -2.24. The van der Waals surface area contributed by atoms with Crippen LogP contribution in [0.25, 0.3) is 0 Å². The topological polar surface area (TPSA) is 81.2 Å². The number of hydrogen-bond donors (Lipinski definition) is 0. The minimum Gasteiger partial charge on any atom is -0.288 e. The van der Waals surface area contributed by atoms with E-state index in [-0.39, 0.29) is 26.5 Å². The number of nitrogens with zero attached hydrogens (tertiary/aromatic N) is 1. The van der Waals surface area contributed by atoms with Crippen molar-refractivity contribution in [2.75, 3.05) is 0 Å². The molecule has 1 aromatic carbocycles. The number of fused-ring (bicyclic) bond motifs is 2. The Morgan fingerprint density at radius 3 is 2.25 bits per heavy atom. The molecule has 0 N–H and O–H groups in total. The van der Waals surface area contributed by atoms with E-state index >= 15 is 0 Å². The molecule has 0 aliphatic heterocycles. The molecular weight excluding hydrogens is 346 g/mol. The highest BCUT2D eigenvalue weighted by atomic mass is 32.2. The summed E-state index contributed by atoms with van der Waals surface area (Å²) in [5.74, 6) is -0.690.